The second-order valence-electron chi connectivity index (χ2n) is 4.03. The Morgan fingerprint density at radius 3 is 2.61 bits per heavy atom. The molecule has 0 spiro atoms. The SMILES string of the molecule is CC(=O)N[C@@H]1[C@H](OCCS)OC(CO)C(O)[C@H]1O. The summed E-state index contributed by atoms with van der Waals surface area (Å²) in [7, 11) is 0. The standard InChI is InChI=1S/C10H19NO6S/c1-5(13)11-7-9(15)8(14)6(4-12)17-10(7)16-2-3-18/h6-10,12,14-15,18H,2-4H2,1H3,(H,11,13)/t6?,7-,8?,9-,10+/m0/s1. The van der Waals surface area contributed by atoms with Crippen LogP contribution in [-0.4, -0.2) is 70.8 Å². The predicted molar refractivity (Wildman–Crippen MR) is 65.2 cm³/mol. The first kappa shape index (κ1) is 15.7. The highest BCUT2D eigenvalue weighted by Gasteiger charge is 2.45. The lowest BCUT2D eigenvalue weighted by molar-refractivity contribution is -0.268. The van der Waals surface area contributed by atoms with Crippen LogP contribution in [0.2, 0.25) is 0 Å². The van der Waals surface area contributed by atoms with Gasteiger partial charge >= 0.3 is 0 Å². The van der Waals surface area contributed by atoms with E-state index >= 15 is 0 Å². The summed E-state index contributed by atoms with van der Waals surface area (Å²) in [6.07, 6.45) is -4.45. The van der Waals surface area contributed by atoms with Crippen molar-refractivity contribution in [3.63, 3.8) is 0 Å². The van der Waals surface area contributed by atoms with Gasteiger partial charge in [-0.1, -0.05) is 0 Å². The fraction of sp³-hybridized carbons (Fsp3) is 0.900. The highest BCUT2D eigenvalue weighted by Crippen LogP contribution is 2.22. The molecular weight excluding hydrogens is 262 g/mol. The van der Waals surface area contributed by atoms with Crippen molar-refractivity contribution in [2.75, 3.05) is 19.0 Å². The van der Waals surface area contributed by atoms with E-state index in [9.17, 15) is 15.0 Å². The van der Waals surface area contributed by atoms with Crippen LogP contribution in [0.4, 0.5) is 0 Å². The van der Waals surface area contributed by atoms with Gasteiger partial charge in [-0.05, 0) is 0 Å². The van der Waals surface area contributed by atoms with Gasteiger partial charge in [-0.25, -0.2) is 0 Å². The van der Waals surface area contributed by atoms with Gasteiger partial charge in [0.25, 0.3) is 0 Å². The highest BCUT2D eigenvalue weighted by atomic mass is 32.1. The first-order valence-corrected chi connectivity index (χ1v) is 6.26. The van der Waals surface area contributed by atoms with Gasteiger partial charge in [0.1, 0.15) is 24.4 Å². The fourth-order valence-corrected chi connectivity index (χ4v) is 1.89. The van der Waals surface area contributed by atoms with Gasteiger partial charge in [0.05, 0.1) is 13.2 Å². The lowest BCUT2D eigenvalue weighted by atomic mass is 9.97. The smallest absolute Gasteiger partial charge is 0.217 e. The van der Waals surface area contributed by atoms with Crippen LogP contribution in [0.1, 0.15) is 6.92 Å². The number of nitrogens with one attached hydrogen (secondary N) is 1. The molecule has 0 aromatic heterocycles. The molecule has 1 fully saturated rings. The van der Waals surface area contributed by atoms with Crippen LogP contribution in [0.5, 0.6) is 0 Å². The maximum absolute atomic E-state index is 11.1. The molecule has 0 saturated carbocycles. The lowest BCUT2D eigenvalue weighted by Crippen LogP contribution is -2.64. The molecule has 4 N–H and O–H groups in total. The summed E-state index contributed by atoms with van der Waals surface area (Å²) in [4.78, 5) is 11.1. The Morgan fingerprint density at radius 1 is 1.44 bits per heavy atom. The molecule has 106 valence electrons. The van der Waals surface area contributed by atoms with Gasteiger partial charge < -0.3 is 30.1 Å². The van der Waals surface area contributed by atoms with E-state index < -0.39 is 37.3 Å². The number of hydrogen-bond acceptors (Lipinski definition) is 7. The Labute approximate surface area is 110 Å². The van der Waals surface area contributed by atoms with E-state index in [0.29, 0.717) is 5.75 Å². The van der Waals surface area contributed by atoms with E-state index in [1.807, 2.05) is 0 Å². The first-order valence-electron chi connectivity index (χ1n) is 5.63. The zero-order valence-corrected chi connectivity index (χ0v) is 10.9. The van der Waals surface area contributed by atoms with Gasteiger partial charge in [0, 0.05) is 12.7 Å². The molecule has 1 saturated heterocycles. The number of ether oxygens (including phenoxy) is 2. The Hall–Kier alpha value is -0.380. The molecule has 18 heavy (non-hydrogen) atoms. The predicted octanol–water partition coefficient (Wildman–Crippen LogP) is -2.12. The van der Waals surface area contributed by atoms with E-state index in [1.54, 1.807) is 0 Å². The van der Waals surface area contributed by atoms with Crippen LogP contribution < -0.4 is 5.32 Å². The highest BCUT2D eigenvalue weighted by molar-refractivity contribution is 7.80. The van der Waals surface area contributed by atoms with Crippen molar-refractivity contribution in [2.24, 2.45) is 0 Å². The maximum atomic E-state index is 11.1. The maximum Gasteiger partial charge on any atom is 0.217 e. The van der Waals surface area contributed by atoms with Crippen LogP contribution in [-0.2, 0) is 14.3 Å². The average Bonchev–Trinajstić information content (AvgIpc) is 2.33. The van der Waals surface area contributed by atoms with Crippen LogP contribution in [0, 0.1) is 0 Å². The Balaban J connectivity index is 2.76. The average molecular weight is 281 g/mol. The van der Waals surface area contributed by atoms with Gasteiger partial charge in [0.2, 0.25) is 5.91 Å². The molecule has 0 radical (unpaired) electrons. The number of aliphatic hydroxyl groups excluding tert-OH is 3. The monoisotopic (exact) mass is 281 g/mol. The molecule has 1 amide bonds. The molecular formula is C10H19NO6S. The lowest BCUT2D eigenvalue weighted by Gasteiger charge is -2.42. The summed E-state index contributed by atoms with van der Waals surface area (Å²) in [5.41, 5.74) is 0. The largest absolute Gasteiger partial charge is 0.394 e. The number of carbonyl (C=O) groups is 1. The van der Waals surface area contributed by atoms with Crippen molar-refractivity contribution in [2.45, 2.75) is 37.6 Å². The summed E-state index contributed by atoms with van der Waals surface area (Å²) in [5, 5.41) is 31.1. The second kappa shape index (κ2) is 7.27. The Morgan fingerprint density at radius 2 is 2.11 bits per heavy atom. The van der Waals surface area contributed by atoms with Crippen LogP contribution in [0.15, 0.2) is 0 Å². The van der Waals surface area contributed by atoms with E-state index in [4.69, 9.17) is 14.6 Å². The molecule has 1 heterocycles. The van der Waals surface area contributed by atoms with Gasteiger partial charge in [-0.15, -0.1) is 0 Å². The molecule has 0 aromatic rings. The van der Waals surface area contributed by atoms with Crippen molar-refractivity contribution in [3.8, 4) is 0 Å². The summed E-state index contributed by atoms with van der Waals surface area (Å²) in [5.74, 6) is 0.0616. The van der Waals surface area contributed by atoms with Crippen molar-refractivity contribution < 1.29 is 29.6 Å². The van der Waals surface area contributed by atoms with Gasteiger partial charge in [-0.3, -0.25) is 4.79 Å². The molecule has 1 rings (SSSR count). The third kappa shape index (κ3) is 3.81. The van der Waals surface area contributed by atoms with E-state index in [0.717, 1.165) is 0 Å². The van der Waals surface area contributed by atoms with Crippen molar-refractivity contribution >= 4 is 18.5 Å². The fourth-order valence-electron chi connectivity index (χ4n) is 1.78. The topological polar surface area (TPSA) is 108 Å². The Kier molecular flexibility index (Phi) is 6.33. The van der Waals surface area contributed by atoms with E-state index in [1.165, 1.54) is 6.92 Å². The molecule has 1 aliphatic heterocycles. The number of amides is 1. The van der Waals surface area contributed by atoms with E-state index in [2.05, 4.69) is 17.9 Å². The zero-order chi connectivity index (χ0) is 13.7. The summed E-state index contributed by atoms with van der Waals surface area (Å²) < 4.78 is 10.6. The summed E-state index contributed by atoms with van der Waals surface area (Å²) in [6, 6.07) is -0.889. The molecule has 0 aliphatic carbocycles. The minimum atomic E-state index is -1.29. The number of rotatable bonds is 5. The quantitative estimate of drug-likeness (QED) is 0.369. The zero-order valence-electron chi connectivity index (χ0n) is 10.0. The van der Waals surface area contributed by atoms with Crippen molar-refractivity contribution in [3.05, 3.63) is 0 Å². The molecule has 0 aromatic carbocycles. The van der Waals surface area contributed by atoms with Crippen LogP contribution in [0.25, 0.3) is 0 Å². The van der Waals surface area contributed by atoms with Gasteiger partial charge in [-0.2, -0.15) is 12.6 Å². The van der Waals surface area contributed by atoms with Gasteiger partial charge in [0.15, 0.2) is 6.29 Å². The summed E-state index contributed by atoms with van der Waals surface area (Å²) >= 11 is 3.98. The van der Waals surface area contributed by atoms with E-state index in [-0.39, 0.29) is 12.5 Å². The summed E-state index contributed by atoms with van der Waals surface area (Å²) in [6.45, 7) is 1.09. The van der Waals surface area contributed by atoms with Crippen molar-refractivity contribution in [1.29, 1.82) is 0 Å². The van der Waals surface area contributed by atoms with Crippen LogP contribution in [0.3, 0.4) is 0 Å². The number of carbonyl (C=O) groups excluding carboxylic acids is 1. The molecule has 0 bridgehead atoms. The molecule has 8 heteroatoms. The molecule has 7 nitrogen and oxygen atoms in total. The van der Waals surface area contributed by atoms with Crippen LogP contribution >= 0.6 is 12.6 Å². The molecule has 1 aliphatic rings. The first-order chi connectivity index (χ1) is 8.51. The molecule has 5 atom stereocenters. The number of thiol groups is 1. The number of hydrogen-bond donors (Lipinski definition) is 5. The minimum absolute atomic E-state index is 0.255. The number of aliphatic hydroxyl groups is 3. The second-order valence-corrected chi connectivity index (χ2v) is 4.47. The van der Waals surface area contributed by atoms with Crippen molar-refractivity contribution in [1.82, 2.24) is 5.32 Å². The minimum Gasteiger partial charge on any atom is -0.394 e. The molecule has 2 unspecified atom stereocenters. The third-order valence-electron chi connectivity index (χ3n) is 2.62. The normalized spacial score (nSPS) is 36.4. The Bertz CT molecular complexity index is 279. The third-order valence-corrected chi connectivity index (χ3v) is 2.81.